The van der Waals surface area contributed by atoms with Crippen molar-refractivity contribution in [3.05, 3.63) is 0 Å². The maximum absolute atomic E-state index is 11.3. The molecular weight excluding hydrogens is 218 g/mol. The fraction of sp³-hybridized carbons (Fsp3) is 0.875. The van der Waals surface area contributed by atoms with Crippen LogP contribution in [0, 0.1) is 5.41 Å². The van der Waals surface area contributed by atoms with Crippen LogP contribution in [0.1, 0.15) is 19.3 Å². The van der Waals surface area contributed by atoms with Crippen LogP contribution >= 0.6 is 0 Å². The van der Waals surface area contributed by atoms with E-state index in [0.717, 1.165) is 0 Å². The quantitative estimate of drug-likeness (QED) is 0.290. The molecule has 0 rings (SSSR count). The van der Waals surface area contributed by atoms with Crippen molar-refractivity contribution in [1.29, 1.82) is 5.41 Å². The van der Waals surface area contributed by atoms with Gasteiger partial charge in [-0.3, -0.25) is 5.41 Å². The zero-order valence-electron chi connectivity index (χ0n) is 8.95. The molecule has 0 aliphatic rings. The van der Waals surface area contributed by atoms with Crippen LogP contribution in [0.3, 0.4) is 0 Å². The Hall–Kier alpha value is -0.660. The number of sulfonamides is 1. The molecule has 0 fully saturated rings. The highest BCUT2D eigenvalue weighted by molar-refractivity contribution is 7.89. The topological polar surface area (TPSA) is 105 Å². The predicted molar refractivity (Wildman–Crippen MR) is 59.4 cm³/mol. The Morgan fingerprint density at radius 3 is 2.67 bits per heavy atom. The summed E-state index contributed by atoms with van der Waals surface area (Å²) in [5, 5.41) is 6.95. The zero-order chi connectivity index (χ0) is 11.7. The molecule has 0 saturated heterocycles. The van der Waals surface area contributed by atoms with E-state index in [-0.39, 0.29) is 11.6 Å². The number of nitrogens with two attached hydrogens (primary N) is 1. The number of hydrogen-bond acceptors (Lipinski definition) is 4. The van der Waals surface area contributed by atoms with E-state index in [2.05, 4.69) is 4.72 Å². The van der Waals surface area contributed by atoms with Crippen LogP contribution < -0.4 is 10.5 Å². The monoisotopic (exact) mass is 237 g/mol. The van der Waals surface area contributed by atoms with Gasteiger partial charge in [0.2, 0.25) is 10.0 Å². The first-order valence-corrected chi connectivity index (χ1v) is 6.42. The molecule has 0 aliphatic carbocycles. The van der Waals surface area contributed by atoms with Gasteiger partial charge in [0.1, 0.15) is 0 Å². The second-order valence-corrected chi connectivity index (χ2v) is 5.11. The van der Waals surface area contributed by atoms with Gasteiger partial charge in [-0.1, -0.05) is 0 Å². The van der Waals surface area contributed by atoms with E-state index >= 15 is 0 Å². The Labute approximate surface area is 90.7 Å². The summed E-state index contributed by atoms with van der Waals surface area (Å²) >= 11 is 0. The van der Waals surface area contributed by atoms with Gasteiger partial charge in [0.15, 0.2) is 0 Å². The number of methoxy groups -OCH3 is 1. The summed E-state index contributed by atoms with van der Waals surface area (Å²) < 4.78 is 29.8. The van der Waals surface area contributed by atoms with Crippen LogP contribution in [-0.4, -0.2) is 40.3 Å². The molecule has 0 spiro atoms. The maximum Gasteiger partial charge on any atom is 0.211 e. The summed E-state index contributed by atoms with van der Waals surface area (Å²) in [7, 11) is -1.66. The number of nitrogens with one attached hydrogen (secondary N) is 2. The normalized spacial score (nSPS) is 11.5. The van der Waals surface area contributed by atoms with Crippen LogP contribution in [-0.2, 0) is 14.8 Å². The van der Waals surface area contributed by atoms with Crippen molar-refractivity contribution in [2.45, 2.75) is 19.3 Å². The van der Waals surface area contributed by atoms with Gasteiger partial charge < -0.3 is 10.5 Å². The van der Waals surface area contributed by atoms with E-state index < -0.39 is 10.0 Å². The minimum Gasteiger partial charge on any atom is -0.388 e. The second kappa shape index (κ2) is 7.61. The second-order valence-electron chi connectivity index (χ2n) is 3.19. The van der Waals surface area contributed by atoms with E-state index in [1.807, 2.05) is 0 Å². The van der Waals surface area contributed by atoms with Gasteiger partial charge in [0.25, 0.3) is 0 Å². The highest BCUT2D eigenvalue weighted by Gasteiger charge is 2.08. The van der Waals surface area contributed by atoms with E-state index in [4.69, 9.17) is 15.9 Å². The van der Waals surface area contributed by atoms with Gasteiger partial charge in [0.05, 0.1) is 11.6 Å². The van der Waals surface area contributed by atoms with Crippen LogP contribution in [0.15, 0.2) is 0 Å². The van der Waals surface area contributed by atoms with Crippen LogP contribution in [0.5, 0.6) is 0 Å². The molecule has 0 amide bonds. The highest BCUT2D eigenvalue weighted by Crippen LogP contribution is 1.92. The Morgan fingerprint density at radius 1 is 1.47 bits per heavy atom. The lowest BCUT2D eigenvalue weighted by atomic mass is 10.3. The predicted octanol–water partition coefficient (Wildman–Crippen LogP) is -0.342. The lowest BCUT2D eigenvalue weighted by molar-refractivity contribution is 0.199. The summed E-state index contributed by atoms with van der Waals surface area (Å²) in [6.45, 7) is 0.767. The summed E-state index contributed by atoms with van der Waals surface area (Å²) in [6, 6.07) is 0. The first kappa shape index (κ1) is 14.3. The Bertz CT molecular complexity index is 277. The molecule has 0 heterocycles. The maximum atomic E-state index is 11.3. The molecule has 6 nitrogen and oxygen atoms in total. The third-order valence-corrected chi connectivity index (χ3v) is 3.18. The summed E-state index contributed by atoms with van der Waals surface area (Å²) in [6.07, 6.45) is 1.46. The van der Waals surface area contributed by atoms with Gasteiger partial charge in [0, 0.05) is 26.7 Å². The van der Waals surface area contributed by atoms with Crippen molar-refractivity contribution in [3.8, 4) is 0 Å². The summed E-state index contributed by atoms with van der Waals surface area (Å²) in [5.74, 6) is 0.148. The molecule has 7 heteroatoms. The third kappa shape index (κ3) is 9.64. The molecule has 0 aliphatic heterocycles. The molecule has 0 atom stereocenters. The van der Waals surface area contributed by atoms with Gasteiger partial charge >= 0.3 is 0 Å². The first-order valence-electron chi connectivity index (χ1n) is 4.77. The lowest BCUT2D eigenvalue weighted by Crippen LogP contribution is -2.28. The molecule has 0 radical (unpaired) electrons. The average molecular weight is 237 g/mol. The SMILES string of the molecule is COCCCS(=O)(=O)NCCCC(=N)N. The molecule has 0 aromatic heterocycles. The minimum absolute atomic E-state index is 0.0703. The molecule has 15 heavy (non-hydrogen) atoms. The molecule has 0 saturated carbocycles. The standard InChI is InChI=1S/C8H19N3O3S/c1-14-6-3-7-15(12,13)11-5-2-4-8(9)10/h11H,2-7H2,1H3,(H3,9,10). The first-order chi connectivity index (χ1) is 6.98. The Morgan fingerprint density at radius 2 is 2.13 bits per heavy atom. The number of amidine groups is 1. The van der Waals surface area contributed by atoms with Crippen LogP contribution in [0.25, 0.3) is 0 Å². The van der Waals surface area contributed by atoms with Crippen molar-refractivity contribution in [3.63, 3.8) is 0 Å². The van der Waals surface area contributed by atoms with Gasteiger partial charge in [-0.2, -0.15) is 0 Å². The molecule has 0 aromatic rings. The van der Waals surface area contributed by atoms with Crippen molar-refractivity contribution in [2.24, 2.45) is 5.73 Å². The largest absolute Gasteiger partial charge is 0.388 e. The summed E-state index contributed by atoms with van der Waals surface area (Å²) in [5.41, 5.74) is 5.13. The molecule has 0 unspecified atom stereocenters. The van der Waals surface area contributed by atoms with E-state index in [1.165, 1.54) is 7.11 Å². The number of rotatable bonds is 9. The van der Waals surface area contributed by atoms with Gasteiger partial charge in [-0.25, -0.2) is 13.1 Å². The molecule has 90 valence electrons. The number of hydrogen-bond donors (Lipinski definition) is 3. The fourth-order valence-electron chi connectivity index (χ4n) is 0.972. The van der Waals surface area contributed by atoms with Crippen LogP contribution in [0.2, 0.25) is 0 Å². The molecular formula is C8H19N3O3S. The zero-order valence-corrected chi connectivity index (χ0v) is 9.77. The Balaban J connectivity index is 3.60. The highest BCUT2D eigenvalue weighted by atomic mass is 32.2. The molecule has 0 bridgehead atoms. The minimum atomic E-state index is -3.19. The molecule has 0 aromatic carbocycles. The van der Waals surface area contributed by atoms with Crippen LogP contribution in [0.4, 0.5) is 0 Å². The van der Waals surface area contributed by atoms with Gasteiger partial charge in [-0.15, -0.1) is 0 Å². The van der Waals surface area contributed by atoms with Gasteiger partial charge in [-0.05, 0) is 12.8 Å². The van der Waals surface area contributed by atoms with Crippen molar-refractivity contribution >= 4 is 15.9 Å². The summed E-state index contributed by atoms with van der Waals surface area (Å²) in [4.78, 5) is 0. The van der Waals surface area contributed by atoms with Crippen molar-refractivity contribution in [1.82, 2.24) is 4.72 Å². The fourth-order valence-corrected chi connectivity index (χ4v) is 2.07. The van der Waals surface area contributed by atoms with E-state index in [1.54, 1.807) is 0 Å². The average Bonchev–Trinajstić information content (AvgIpc) is 2.13. The molecule has 4 N–H and O–H groups in total. The third-order valence-electron chi connectivity index (χ3n) is 1.71. The Kier molecular flexibility index (Phi) is 7.27. The lowest BCUT2D eigenvalue weighted by Gasteiger charge is -2.05. The van der Waals surface area contributed by atoms with Crippen molar-refractivity contribution in [2.75, 3.05) is 26.0 Å². The number of ether oxygens (including phenoxy) is 1. The van der Waals surface area contributed by atoms with E-state index in [9.17, 15) is 8.42 Å². The van der Waals surface area contributed by atoms with E-state index in [0.29, 0.717) is 32.4 Å². The van der Waals surface area contributed by atoms with Crippen molar-refractivity contribution < 1.29 is 13.2 Å². The smallest absolute Gasteiger partial charge is 0.211 e.